The Morgan fingerprint density at radius 3 is 1.05 bits per heavy atom. The van der Waals surface area contributed by atoms with Crippen LogP contribution in [0.1, 0.15) is 33.4 Å². The Balaban J connectivity index is 2.74. The molecule has 0 aliphatic heterocycles. The Labute approximate surface area is 145 Å². The summed E-state index contributed by atoms with van der Waals surface area (Å²) in [5, 5.41) is 0. The standard InChI is InChI=1S/C18H22Br2Se/c1-11-7-13(3)17(14(4)8-11)21(19,20)18-15(5)9-12(2)10-16(18)6/h7-10H,1-6H3. The topological polar surface area (TPSA) is 0 Å². The van der Waals surface area contributed by atoms with Crippen LogP contribution in [0.2, 0.25) is 0 Å². The van der Waals surface area contributed by atoms with Gasteiger partial charge in [-0.15, -0.1) is 0 Å². The molecule has 2 aromatic carbocycles. The van der Waals surface area contributed by atoms with E-state index in [1.165, 1.54) is 42.3 Å². The first kappa shape index (κ1) is 17.3. The van der Waals surface area contributed by atoms with Gasteiger partial charge >= 0.3 is 146 Å². The molecule has 0 saturated carbocycles. The zero-order valence-electron chi connectivity index (χ0n) is 13.5. The fraction of sp³-hybridized carbons (Fsp3) is 0.333. The Morgan fingerprint density at radius 1 is 0.571 bits per heavy atom. The van der Waals surface area contributed by atoms with Crippen LogP contribution in [0.3, 0.4) is 0 Å². The third-order valence-electron chi connectivity index (χ3n) is 3.72. The number of hydrogen-bond donors (Lipinski definition) is 0. The van der Waals surface area contributed by atoms with Crippen molar-refractivity contribution in [2.75, 3.05) is 0 Å². The van der Waals surface area contributed by atoms with E-state index in [2.05, 4.69) is 94.0 Å². The van der Waals surface area contributed by atoms with Gasteiger partial charge in [-0.25, -0.2) is 0 Å². The molecular weight excluding hydrogens is 455 g/mol. The molecule has 0 N–H and O–H groups in total. The van der Waals surface area contributed by atoms with Crippen molar-refractivity contribution in [1.29, 1.82) is 0 Å². The Morgan fingerprint density at radius 2 is 0.810 bits per heavy atom. The van der Waals surface area contributed by atoms with Gasteiger partial charge in [-0.1, -0.05) is 0 Å². The molecule has 0 radical (unpaired) electrons. The van der Waals surface area contributed by atoms with E-state index in [0.29, 0.717) is 0 Å². The van der Waals surface area contributed by atoms with Gasteiger partial charge in [-0.3, -0.25) is 0 Å². The summed E-state index contributed by atoms with van der Waals surface area (Å²) in [6, 6.07) is 9.15. The monoisotopic (exact) mass is 476 g/mol. The van der Waals surface area contributed by atoms with Crippen molar-refractivity contribution in [3.63, 3.8) is 0 Å². The van der Waals surface area contributed by atoms with E-state index in [4.69, 9.17) is 0 Å². The molecule has 0 aromatic heterocycles. The van der Waals surface area contributed by atoms with Crippen LogP contribution in [0.15, 0.2) is 24.3 Å². The predicted molar refractivity (Wildman–Crippen MR) is 104 cm³/mol. The van der Waals surface area contributed by atoms with Crippen LogP contribution < -0.4 is 8.92 Å². The zero-order valence-corrected chi connectivity index (χ0v) is 18.4. The molecule has 2 aromatic rings. The minimum atomic E-state index is -2.27. The second kappa shape index (κ2) is 6.20. The molecule has 21 heavy (non-hydrogen) atoms. The molecule has 0 aliphatic rings. The van der Waals surface area contributed by atoms with Crippen LogP contribution in [-0.4, -0.2) is 9.23 Å². The molecule has 0 bridgehead atoms. The first-order chi connectivity index (χ1) is 9.64. The predicted octanol–water partition coefficient (Wildman–Crippen LogP) is 4.88. The molecule has 0 heterocycles. The van der Waals surface area contributed by atoms with Crippen LogP contribution in [-0.2, 0) is 0 Å². The third-order valence-corrected chi connectivity index (χ3v) is 15.3. The van der Waals surface area contributed by atoms with Gasteiger partial charge in [0.1, 0.15) is 0 Å². The van der Waals surface area contributed by atoms with Crippen molar-refractivity contribution in [3.8, 4) is 0 Å². The normalized spacial score (nSPS) is 12.6. The van der Waals surface area contributed by atoms with Crippen molar-refractivity contribution in [2.24, 2.45) is 0 Å². The summed E-state index contributed by atoms with van der Waals surface area (Å²) in [5.41, 5.74) is 8.17. The van der Waals surface area contributed by atoms with Crippen molar-refractivity contribution < 1.29 is 0 Å². The van der Waals surface area contributed by atoms with E-state index >= 15 is 0 Å². The van der Waals surface area contributed by atoms with Gasteiger partial charge in [0, 0.05) is 0 Å². The molecule has 0 fully saturated rings. The molecular formula is C18H22Br2Se. The fourth-order valence-electron chi connectivity index (χ4n) is 3.24. The number of benzene rings is 2. The summed E-state index contributed by atoms with van der Waals surface area (Å²) in [6.07, 6.45) is 0. The van der Waals surface area contributed by atoms with Crippen LogP contribution in [0.5, 0.6) is 0 Å². The quantitative estimate of drug-likeness (QED) is 0.542. The second-order valence-electron chi connectivity index (χ2n) is 5.92. The van der Waals surface area contributed by atoms with Crippen LogP contribution in [0, 0.1) is 41.5 Å². The summed E-state index contributed by atoms with van der Waals surface area (Å²) < 4.78 is 2.93. The molecule has 0 amide bonds. The van der Waals surface area contributed by atoms with E-state index in [9.17, 15) is 0 Å². The van der Waals surface area contributed by atoms with E-state index in [-0.39, 0.29) is 0 Å². The summed E-state index contributed by atoms with van der Waals surface area (Å²) in [6.45, 7) is 13.2. The van der Waals surface area contributed by atoms with E-state index < -0.39 is 9.23 Å². The Bertz CT molecular complexity index is 597. The molecule has 0 atom stereocenters. The van der Waals surface area contributed by atoms with Gasteiger partial charge in [0.2, 0.25) is 0 Å². The minimum absolute atomic E-state index is 1.33. The van der Waals surface area contributed by atoms with Crippen LogP contribution in [0.4, 0.5) is 0 Å². The molecule has 0 nitrogen and oxygen atoms in total. The van der Waals surface area contributed by atoms with Gasteiger partial charge in [-0.05, 0) is 0 Å². The van der Waals surface area contributed by atoms with Crippen molar-refractivity contribution in [1.82, 2.24) is 0 Å². The number of hydrogen-bond acceptors (Lipinski definition) is 0. The van der Waals surface area contributed by atoms with Gasteiger partial charge in [0.05, 0.1) is 0 Å². The molecule has 0 spiro atoms. The molecule has 114 valence electrons. The van der Waals surface area contributed by atoms with Crippen molar-refractivity contribution in [3.05, 3.63) is 57.6 Å². The summed E-state index contributed by atoms with van der Waals surface area (Å²) in [4.78, 5) is 0. The number of rotatable bonds is 2. The number of aryl methyl sites for hydroxylation is 6. The Kier molecular flexibility index (Phi) is 5.10. The number of halogens is 2. The van der Waals surface area contributed by atoms with E-state index in [1.807, 2.05) is 0 Å². The van der Waals surface area contributed by atoms with Gasteiger partial charge in [0.15, 0.2) is 0 Å². The molecule has 2 rings (SSSR count). The maximum absolute atomic E-state index is 4.12. The average Bonchev–Trinajstić information content (AvgIpc) is 2.23. The fourth-order valence-corrected chi connectivity index (χ4v) is 18.2. The van der Waals surface area contributed by atoms with Crippen LogP contribution >= 0.6 is 28.2 Å². The average molecular weight is 477 g/mol. The van der Waals surface area contributed by atoms with Gasteiger partial charge in [-0.2, -0.15) is 0 Å². The molecule has 0 saturated heterocycles. The van der Waals surface area contributed by atoms with Gasteiger partial charge < -0.3 is 0 Å². The van der Waals surface area contributed by atoms with Gasteiger partial charge in [0.25, 0.3) is 0 Å². The molecule has 0 aliphatic carbocycles. The Hall–Kier alpha value is -0.0805. The SMILES string of the molecule is Cc1cc(C)c([Se](Br)(Br)c2c(C)cc(C)cc2C)c(C)c1. The van der Waals surface area contributed by atoms with Crippen molar-refractivity contribution in [2.45, 2.75) is 41.5 Å². The first-order valence-electron chi connectivity index (χ1n) is 7.03. The third kappa shape index (κ3) is 3.32. The summed E-state index contributed by atoms with van der Waals surface area (Å²) >= 11 is 8.25. The summed E-state index contributed by atoms with van der Waals surface area (Å²) in [7, 11) is -2.27. The first-order valence-corrected chi connectivity index (χ1v) is 16.8. The van der Waals surface area contributed by atoms with E-state index in [1.54, 1.807) is 0 Å². The van der Waals surface area contributed by atoms with E-state index in [0.717, 1.165) is 0 Å². The summed E-state index contributed by atoms with van der Waals surface area (Å²) in [5.74, 6) is 0. The maximum atomic E-state index is 4.12. The molecule has 0 unspecified atom stereocenters. The zero-order chi connectivity index (χ0) is 15.9. The van der Waals surface area contributed by atoms with Crippen molar-refractivity contribution >= 4 is 46.4 Å². The second-order valence-corrected chi connectivity index (χ2v) is 24.2. The molecule has 3 heteroatoms. The van der Waals surface area contributed by atoms with Crippen LogP contribution in [0.25, 0.3) is 0 Å².